The molecule has 0 saturated carbocycles. The van der Waals surface area contributed by atoms with Crippen molar-refractivity contribution in [2.45, 2.75) is 45.2 Å². The first-order chi connectivity index (χ1) is 9.70. The predicted molar refractivity (Wildman–Crippen MR) is 80.0 cm³/mol. The standard InChI is InChI=1S/C15H23N5/c1-12(2)20-15(17-11-18-20)10-14(19-16)9-8-13-6-4-3-5-7-13/h3-7,11-12,14,19H,8-10,16H2,1-2H3. The minimum Gasteiger partial charge on any atom is -0.271 e. The summed E-state index contributed by atoms with van der Waals surface area (Å²) >= 11 is 0. The molecule has 1 aromatic heterocycles. The van der Waals surface area contributed by atoms with Gasteiger partial charge in [-0.2, -0.15) is 5.10 Å². The molecule has 20 heavy (non-hydrogen) atoms. The molecule has 1 heterocycles. The van der Waals surface area contributed by atoms with E-state index in [9.17, 15) is 0 Å². The van der Waals surface area contributed by atoms with Crippen molar-refractivity contribution in [2.24, 2.45) is 5.84 Å². The number of nitrogens with one attached hydrogen (secondary N) is 1. The molecular formula is C15H23N5. The number of nitrogens with two attached hydrogens (primary N) is 1. The average Bonchev–Trinajstić information content (AvgIpc) is 2.93. The molecule has 0 aliphatic rings. The summed E-state index contributed by atoms with van der Waals surface area (Å²) in [6.45, 7) is 4.21. The van der Waals surface area contributed by atoms with E-state index in [1.54, 1.807) is 6.33 Å². The molecule has 1 aromatic carbocycles. The average molecular weight is 273 g/mol. The van der Waals surface area contributed by atoms with Crippen molar-refractivity contribution in [3.63, 3.8) is 0 Å². The third-order valence-electron chi connectivity index (χ3n) is 3.43. The van der Waals surface area contributed by atoms with Crippen LogP contribution in [-0.2, 0) is 12.8 Å². The lowest BCUT2D eigenvalue weighted by Crippen LogP contribution is -2.38. The Labute approximate surface area is 120 Å². The van der Waals surface area contributed by atoms with Gasteiger partial charge in [-0.25, -0.2) is 9.67 Å². The fourth-order valence-corrected chi connectivity index (χ4v) is 2.30. The molecule has 1 atom stereocenters. The molecule has 3 N–H and O–H groups in total. The lowest BCUT2D eigenvalue weighted by Gasteiger charge is -2.17. The highest BCUT2D eigenvalue weighted by molar-refractivity contribution is 5.14. The van der Waals surface area contributed by atoms with Crippen LogP contribution in [0.2, 0.25) is 0 Å². The molecule has 0 fully saturated rings. The normalized spacial score (nSPS) is 12.8. The lowest BCUT2D eigenvalue weighted by molar-refractivity contribution is 0.444. The lowest BCUT2D eigenvalue weighted by atomic mass is 10.0. The third-order valence-corrected chi connectivity index (χ3v) is 3.43. The first-order valence-electron chi connectivity index (χ1n) is 7.09. The smallest absolute Gasteiger partial charge is 0.138 e. The van der Waals surface area contributed by atoms with Crippen molar-refractivity contribution >= 4 is 0 Å². The van der Waals surface area contributed by atoms with E-state index in [0.29, 0.717) is 6.04 Å². The van der Waals surface area contributed by atoms with Crippen molar-refractivity contribution in [3.8, 4) is 0 Å². The second kappa shape index (κ2) is 7.17. The summed E-state index contributed by atoms with van der Waals surface area (Å²) in [5.74, 6) is 6.65. The van der Waals surface area contributed by atoms with Gasteiger partial charge in [-0.3, -0.25) is 11.3 Å². The fraction of sp³-hybridized carbons (Fsp3) is 0.467. The van der Waals surface area contributed by atoms with Crippen molar-refractivity contribution in [1.82, 2.24) is 20.2 Å². The summed E-state index contributed by atoms with van der Waals surface area (Å²) in [6.07, 6.45) is 4.39. The number of aryl methyl sites for hydroxylation is 1. The summed E-state index contributed by atoms with van der Waals surface area (Å²) in [6, 6.07) is 11.0. The number of hydrogen-bond donors (Lipinski definition) is 2. The molecule has 108 valence electrons. The van der Waals surface area contributed by atoms with Gasteiger partial charge in [0.25, 0.3) is 0 Å². The number of hydrogen-bond acceptors (Lipinski definition) is 4. The van der Waals surface area contributed by atoms with Crippen LogP contribution >= 0.6 is 0 Å². The molecule has 2 rings (SSSR count). The first-order valence-corrected chi connectivity index (χ1v) is 7.09. The van der Waals surface area contributed by atoms with Gasteiger partial charge >= 0.3 is 0 Å². The van der Waals surface area contributed by atoms with Crippen molar-refractivity contribution in [2.75, 3.05) is 0 Å². The maximum atomic E-state index is 5.67. The van der Waals surface area contributed by atoms with Gasteiger partial charge in [-0.15, -0.1) is 0 Å². The van der Waals surface area contributed by atoms with E-state index in [1.165, 1.54) is 5.56 Å². The Kier molecular flexibility index (Phi) is 5.26. The number of benzene rings is 1. The van der Waals surface area contributed by atoms with Gasteiger partial charge in [0, 0.05) is 18.5 Å². The first kappa shape index (κ1) is 14.7. The maximum absolute atomic E-state index is 5.67. The second-order valence-electron chi connectivity index (χ2n) is 5.31. The predicted octanol–water partition coefficient (Wildman–Crippen LogP) is 1.87. The van der Waals surface area contributed by atoms with Crippen LogP contribution in [0.5, 0.6) is 0 Å². The SMILES string of the molecule is CC(C)n1ncnc1CC(CCc1ccccc1)NN. The summed E-state index contributed by atoms with van der Waals surface area (Å²) in [4.78, 5) is 4.34. The Morgan fingerprint density at radius 2 is 2.00 bits per heavy atom. The van der Waals surface area contributed by atoms with Gasteiger partial charge in [0.05, 0.1) is 0 Å². The van der Waals surface area contributed by atoms with Gasteiger partial charge in [-0.1, -0.05) is 30.3 Å². The van der Waals surface area contributed by atoms with Crippen LogP contribution in [0.15, 0.2) is 36.7 Å². The summed E-state index contributed by atoms with van der Waals surface area (Å²) in [5.41, 5.74) is 4.23. The molecule has 0 aliphatic heterocycles. The molecule has 0 radical (unpaired) electrons. The zero-order valence-corrected chi connectivity index (χ0v) is 12.2. The molecule has 1 unspecified atom stereocenters. The molecule has 0 aliphatic carbocycles. The van der Waals surface area contributed by atoms with Gasteiger partial charge in [0.1, 0.15) is 12.2 Å². The zero-order chi connectivity index (χ0) is 14.4. The minimum absolute atomic E-state index is 0.205. The van der Waals surface area contributed by atoms with Gasteiger partial charge < -0.3 is 0 Å². The van der Waals surface area contributed by atoms with E-state index in [-0.39, 0.29) is 6.04 Å². The number of rotatable bonds is 7. The summed E-state index contributed by atoms with van der Waals surface area (Å²) in [5, 5.41) is 4.26. The van der Waals surface area contributed by atoms with E-state index in [2.05, 4.69) is 53.6 Å². The highest BCUT2D eigenvalue weighted by atomic mass is 15.3. The Morgan fingerprint density at radius 3 is 2.65 bits per heavy atom. The zero-order valence-electron chi connectivity index (χ0n) is 12.2. The molecule has 5 nitrogen and oxygen atoms in total. The second-order valence-corrected chi connectivity index (χ2v) is 5.31. The van der Waals surface area contributed by atoms with Crippen molar-refractivity contribution in [1.29, 1.82) is 0 Å². The fourth-order valence-electron chi connectivity index (χ4n) is 2.30. The highest BCUT2D eigenvalue weighted by Crippen LogP contribution is 2.11. The molecule has 0 bridgehead atoms. The summed E-state index contributed by atoms with van der Waals surface area (Å²) < 4.78 is 1.95. The van der Waals surface area contributed by atoms with E-state index in [1.807, 2.05) is 10.7 Å². The van der Waals surface area contributed by atoms with Crippen molar-refractivity contribution < 1.29 is 0 Å². The minimum atomic E-state index is 0.205. The van der Waals surface area contributed by atoms with Crippen LogP contribution in [-0.4, -0.2) is 20.8 Å². The van der Waals surface area contributed by atoms with Gasteiger partial charge in [0.15, 0.2) is 0 Å². The third kappa shape index (κ3) is 3.88. The van der Waals surface area contributed by atoms with E-state index in [0.717, 1.165) is 25.1 Å². The van der Waals surface area contributed by atoms with Gasteiger partial charge in [0.2, 0.25) is 0 Å². The topological polar surface area (TPSA) is 68.8 Å². The van der Waals surface area contributed by atoms with Crippen LogP contribution in [0.3, 0.4) is 0 Å². The van der Waals surface area contributed by atoms with E-state index in [4.69, 9.17) is 5.84 Å². The number of nitrogens with zero attached hydrogens (tertiary/aromatic N) is 3. The highest BCUT2D eigenvalue weighted by Gasteiger charge is 2.14. The Balaban J connectivity index is 1.93. The monoisotopic (exact) mass is 273 g/mol. The van der Waals surface area contributed by atoms with Crippen LogP contribution in [0, 0.1) is 0 Å². The van der Waals surface area contributed by atoms with Crippen LogP contribution in [0.4, 0.5) is 0 Å². The molecular weight excluding hydrogens is 250 g/mol. The van der Waals surface area contributed by atoms with Crippen LogP contribution in [0.25, 0.3) is 0 Å². The Morgan fingerprint density at radius 1 is 1.25 bits per heavy atom. The molecule has 0 saturated heterocycles. The summed E-state index contributed by atoms with van der Waals surface area (Å²) in [7, 11) is 0. The van der Waals surface area contributed by atoms with Gasteiger partial charge in [-0.05, 0) is 32.3 Å². The molecule has 0 amide bonds. The van der Waals surface area contributed by atoms with E-state index < -0.39 is 0 Å². The molecule has 0 spiro atoms. The molecule has 2 aromatic rings. The number of hydrazine groups is 1. The maximum Gasteiger partial charge on any atom is 0.138 e. The van der Waals surface area contributed by atoms with E-state index >= 15 is 0 Å². The Bertz CT molecular complexity index is 506. The quantitative estimate of drug-likeness (QED) is 0.597. The molecule has 5 heteroatoms. The number of aromatic nitrogens is 3. The van der Waals surface area contributed by atoms with Crippen LogP contribution in [0.1, 0.15) is 37.7 Å². The largest absolute Gasteiger partial charge is 0.271 e. The van der Waals surface area contributed by atoms with Crippen molar-refractivity contribution in [3.05, 3.63) is 48.0 Å². The Hall–Kier alpha value is -1.72. The van der Waals surface area contributed by atoms with Crippen LogP contribution < -0.4 is 11.3 Å².